The molecule has 0 rings (SSSR count). The summed E-state index contributed by atoms with van der Waals surface area (Å²) in [5.74, 6) is -1.64. The van der Waals surface area contributed by atoms with E-state index in [2.05, 4.69) is 10.6 Å². The maximum atomic E-state index is 11.8. The van der Waals surface area contributed by atoms with Crippen molar-refractivity contribution in [1.29, 1.82) is 0 Å². The topological polar surface area (TPSA) is 131 Å². The number of carboxylic acids is 1. The monoisotopic (exact) mass is 345 g/mol. The summed E-state index contributed by atoms with van der Waals surface area (Å²) in [6.07, 6.45) is 0.870. The second-order valence-corrected chi connectivity index (χ2v) is 7.09. The van der Waals surface area contributed by atoms with Crippen LogP contribution in [0.5, 0.6) is 0 Å². The molecule has 0 heterocycles. The number of carbonyl (C=O) groups is 3. The van der Waals surface area contributed by atoms with Crippen molar-refractivity contribution in [1.82, 2.24) is 10.6 Å². The van der Waals surface area contributed by atoms with E-state index in [0.717, 1.165) is 0 Å². The number of alkyl carbamates (subject to hydrolysis) is 1. The number of nitrogens with two attached hydrogens (primary N) is 1. The Balaban J connectivity index is 4.13. The highest BCUT2D eigenvalue weighted by molar-refractivity contribution is 5.86. The summed E-state index contributed by atoms with van der Waals surface area (Å²) in [5, 5.41) is 14.2. The summed E-state index contributed by atoms with van der Waals surface area (Å²) in [6.45, 7) is 9.28. The van der Waals surface area contributed by atoms with Gasteiger partial charge >= 0.3 is 12.1 Å². The predicted octanol–water partition coefficient (Wildman–Crippen LogP) is 1.23. The van der Waals surface area contributed by atoms with Crippen molar-refractivity contribution >= 4 is 18.0 Å². The van der Waals surface area contributed by atoms with Gasteiger partial charge in [0.25, 0.3) is 0 Å². The lowest BCUT2D eigenvalue weighted by molar-refractivity contribution is -0.142. The SMILES string of the molecule is CC(C)[C@H](N)C(=O)NC(CCCCNC(=O)OC(C)(C)C)C(=O)O. The van der Waals surface area contributed by atoms with E-state index in [1.54, 1.807) is 34.6 Å². The highest BCUT2D eigenvalue weighted by Crippen LogP contribution is 2.07. The molecule has 0 aliphatic heterocycles. The fourth-order valence-electron chi connectivity index (χ4n) is 1.81. The summed E-state index contributed by atoms with van der Waals surface area (Å²) < 4.78 is 5.09. The van der Waals surface area contributed by atoms with Crippen LogP contribution in [0, 0.1) is 5.92 Å². The van der Waals surface area contributed by atoms with Crippen LogP contribution < -0.4 is 16.4 Å². The Bertz CT molecular complexity index is 432. The number of carbonyl (C=O) groups excluding carboxylic acids is 2. The van der Waals surface area contributed by atoms with Gasteiger partial charge in [-0.15, -0.1) is 0 Å². The average molecular weight is 345 g/mol. The van der Waals surface area contributed by atoms with E-state index in [0.29, 0.717) is 19.4 Å². The molecule has 2 amide bonds. The Morgan fingerprint density at radius 3 is 2.21 bits per heavy atom. The zero-order valence-corrected chi connectivity index (χ0v) is 15.2. The quantitative estimate of drug-likeness (QED) is 0.465. The Kier molecular flexibility index (Phi) is 9.35. The molecule has 0 saturated heterocycles. The summed E-state index contributed by atoms with van der Waals surface area (Å²) >= 11 is 0. The number of hydrogen-bond donors (Lipinski definition) is 4. The highest BCUT2D eigenvalue weighted by Gasteiger charge is 2.24. The molecular formula is C16H31N3O5. The summed E-state index contributed by atoms with van der Waals surface area (Å²) in [5.41, 5.74) is 5.14. The molecule has 2 atom stereocenters. The van der Waals surface area contributed by atoms with Gasteiger partial charge in [-0.05, 0) is 46.0 Å². The Labute approximate surface area is 143 Å². The van der Waals surface area contributed by atoms with Gasteiger partial charge in [0.05, 0.1) is 6.04 Å². The lowest BCUT2D eigenvalue weighted by atomic mass is 10.0. The first-order valence-corrected chi connectivity index (χ1v) is 8.19. The third-order valence-corrected chi connectivity index (χ3v) is 3.22. The number of carboxylic acid groups (broad SMARTS) is 1. The molecule has 8 nitrogen and oxygen atoms in total. The summed E-state index contributed by atoms with van der Waals surface area (Å²) in [7, 11) is 0. The summed E-state index contributed by atoms with van der Waals surface area (Å²) in [4.78, 5) is 34.5. The highest BCUT2D eigenvalue weighted by atomic mass is 16.6. The largest absolute Gasteiger partial charge is 0.480 e. The second-order valence-electron chi connectivity index (χ2n) is 7.09. The van der Waals surface area contributed by atoms with Crippen molar-refractivity contribution in [3.8, 4) is 0 Å². The maximum Gasteiger partial charge on any atom is 0.407 e. The molecular weight excluding hydrogens is 314 g/mol. The van der Waals surface area contributed by atoms with Crippen LogP contribution in [0.2, 0.25) is 0 Å². The van der Waals surface area contributed by atoms with E-state index in [1.165, 1.54) is 0 Å². The minimum Gasteiger partial charge on any atom is -0.480 e. The van der Waals surface area contributed by atoms with Crippen LogP contribution in [-0.4, -0.2) is 47.3 Å². The van der Waals surface area contributed by atoms with Crippen LogP contribution in [0.25, 0.3) is 0 Å². The number of rotatable bonds is 9. The molecule has 0 aliphatic rings. The van der Waals surface area contributed by atoms with E-state index >= 15 is 0 Å². The number of unbranched alkanes of at least 4 members (excludes halogenated alkanes) is 1. The molecule has 0 radical (unpaired) electrons. The zero-order valence-electron chi connectivity index (χ0n) is 15.2. The Morgan fingerprint density at radius 1 is 1.17 bits per heavy atom. The summed E-state index contributed by atoms with van der Waals surface area (Å²) in [6, 6.07) is -1.72. The molecule has 0 bridgehead atoms. The van der Waals surface area contributed by atoms with E-state index in [-0.39, 0.29) is 12.3 Å². The van der Waals surface area contributed by atoms with E-state index in [9.17, 15) is 14.4 Å². The van der Waals surface area contributed by atoms with Crippen LogP contribution >= 0.6 is 0 Å². The molecule has 8 heteroatoms. The maximum absolute atomic E-state index is 11.8. The lowest BCUT2D eigenvalue weighted by Crippen LogP contribution is -2.50. The number of hydrogen-bond acceptors (Lipinski definition) is 5. The number of nitrogens with one attached hydrogen (secondary N) is 2. The van der Waals surface area contributed by atoms with Crippen molar-refractivity contribution in [2.75, 3.05) is 6.54 Å². The van der Waals surface area contributed by atoms with E-state index in [4.69, 9.17) is 15.6 Å². The van der Waals surface area contributed by atoms with Gasteiger partial charge in [0, 0.05) is 6.54 Å². The molecule has 0 aliphatic carbocycles. The normalized spacial score (nSPS) is 14.0. The predicted molar refractivity (Wildman–Crippen MR) is 90.5 cm³/mol. The van der Waals surface area contributed by atoms with Crippen molar-refractivity contribution in [2.24, 2.45) is 11.7 Å². The minimum atomic E-state index is -1.10. The van der Waals surface area contributed by atoms with Gasteiger partial charge in [-0.2, -0.15) is 0 Å². The van der Waals surface area contributed by atoms with E-state index in [1.807, 2.05) is 0 Å². The van der Waals surface area contributed by atoms with Gasteiger partial charge in [-0.25, -0.2) is 9.59 Å². The first-order valence-electron chi connectivity index (χ1n) is 8.19. The molecule has 0 fully saturated rings. The van der Waals surface area contributed by atoms with Gasteiger partial charge in [0.2, 0.25) is 5.91 Å². The third kappa shape index (κ3) is 10.0. The molecule has 0 spiro atoms. The average Bonchev–Trinajstić information content (AvgIpc) is 2.42. The van der Waals surface area contributed by atoms with E-state index < -0.39 is 35.7 Å². The van der Waals surface area contributed by atoms with Crippen molar-refractivity contribution in [3.63, 3.8) is 0 Å². The van der Waals surface area contributed by atoms with Crippen LogP contribution in [0.1, 0.15) is 53.9 Å². The smallest absolute Gasteiger partial charge is 0.407 e. The molecule has 5 N–H and O–H groups in total. The minimum absolute atomic E-state index is 0.0718. The third-order valence-electron chi connectivity index (χ3n) is 3.22. The van der Waals surface area contributed by atoms with Crippen molar-refractivity contribution < 1.29 is 24.2 Å². The van der Waals surface area contributed by atoms with Gasteiger partial charge in [-0.3, -0.25) is 4.79 Å². The van der Waals surface area contributed by atoms with Gasteiger partial charge in [0.1, 0.15) is 11.6 Å². The molecule has 0 aromatic heterocycles. The molecule has 0 aromatic rings. The molecule has 1 unspecified atom stereocenters. The zero-order chi connectivity index (χ0) is 18.9. The fraction of sp³-hybridized carbons (Fsp3) is 0.812. The fourth-order valence-corrected chi connectivity index (χ4v) is 1.81. The van der Waals surface area contributed by atoms with Crippen molar-refractivity contribution in [3.05, 3.63) is 0 Å². The van der Waals surface area contributed by atoms with Crippen LogP contribution in [-0.2, 0) is 14.3 Å². The Hall–Kier alpha value is -1.83. The first-order chi connectivity index (χ1) is 10.9. The standard InChI is InChI=1S/C16H31N3O5/c1-10(2)12(17)13(20)19-11(14(21)22)8-6-7-9-18-15(23)24-16(3,4)5/h10-12H,6-9,17H2,1-5H3,(H,18,23)(H,19,20)(H,21,22)/t11?,12-/m0/s1. The molecule has 140 valence electrons. The van der Waals surface area contributed by atoms with Gasteiger partial charge in [-0.1, -0.05) is 13.8 Å². The number of ether oxygens (including phenoxy) is 1. The van der Waals surface area contributed by atoms with Crippen LogP contribution in [0.4, 0.5) is 4.79 Å². The van der Waals surface area contributed by atoms with Gasteiger partial charge in [0.15, 0.2) is 0 Å². The van der Waals surface area contributed by atoms with Crippen LogP contribution in [0.15, 0.2) is 0 Å². The molecule has 0 saturated carbocycles. The lowest BCUT2D eigenvalue weighted by Gasteiger charge is -2.20. The Morgan fingerprint density at radius 2 is 1.75 bits per heavy atom. The second kappa shape index (κ2) is 10.1. The number of amides is 2. The molecule has 24 heavy (non-hydrogen) atoms. The van der Waals surface area contributed by atoms with Gasteiger partial charge < -0.3 is 26.2 Å². The molecule has 0 aromatic carbocycles. The number of aliphatic carboxylic acids is 1. The van der Waals surface area contributed by atoms with Crippen molar-refractivity contribution in [2.45, 2.75) is 71.6 Å². The first kappa shape index (κ1) is 22.2. The van der Waals surface area contributed by atoms with Crippen LogP contribution in [0.3, 0.4) is 0 Å².